The lowest BCUT2D eigenvalue weighted by atomic mass is 10.1. The van der Waals surface area contributed by atoms with Gasteiger partial charge in [-0.2, -0.15) is 0 Å². The highest BCUT2D eigenvalue weighted by atomic mass is 35.5. The Hall–Kier alpha value is -2.22. The van der Waals surface area contributed by atoms with Gasteiger partial charge in [0.15, 0.2) is 5.96 Å². The molecule has 2 aromatic rings. The fourth-order valence-corrected chi connectivity index (χ4v) is 3.73. The van der Waals surface area contributed by atoms with Gasteiger partial charge in [-0.3, -0.25) is 0 Å². The number of hydrogen-bond donors (Lipinski definition) is 2. The number of furan rings is 1. The minimum absolute atomic E-state index is 0.503. The van der Waals surface area contributed by atoms with Crippen LogP contribution in [-0.2, 0) is 17.9 Å². The Bertz CT molecular complexity index is 804. The summed E-state index contributed by atoms with van der Waals surface area (Å²) < 4.78 is 10.9. The van der Waals surface area contributed by atoms with Crippen LogP contribution < -0.4 is 15.5 Å². The number of ether oxygens (including phenoxy) is 1. The van der Waals surface area contributed by atoms with Gasteiger partial charge >= 0.3 is 0 Å². The Kier molecular flexibility index (Phi) is 9.52. The van der Waals surface area contributed by atoms with Crippen molar-refractivity contribution in [1.82, 2.24) is 15.5 Å². The number of benzene rings is 1. The van der Waals surface area contributed by atoms with Crippen molar-refractivity contribution in [3.8, 4) is 0 Å². The van der Waals surface area contributed by atoms with Gasteiger partial charge in [0.25, 0.3) is 0 Å². The summed E-state index contributed by atoms with van der Waals surface area (Å²) in [5.41, 5.74) is 2.26. The molecule has 1 fully saturated rings. The minimum atomic E-state index is 0.503. The maximum absolute atomic E-state index is 6.57. The molecular formula is C23H34ClN5O2. The topological polar surface area (TPSA) is 65.3 Å². The van der Waals surface area contributed by atoms with Crippen LogP contribution in [0.15, 0.2) is 46.0 Å². The molecule has 0 amide bonds. The highest BCUT2D eigenvalue weighted by Gasteiger charge is 2.18. The van der Waals surface area contributed by atoms with E-state index in [0.717, 1.165) is 68.0 Å². The van der Waals surface area contributed by atoms with Crippen LogP contribution in [0.3, 0.4) is 0 Å². The summed E-state index contributed by atoms with van der Waals surface area (Å²) in [5.74, 6) is 1.64. The highest BCUT2D eigenvalue weighted by Crippen LogP contribution is 2.29. The van der Waals surface area contributed by atoms with Gasteiger partial charge in [0, 0.05) is 62.1 Å². The second-order valence-corrected chi connectivity index (χ2v) is 8.04. The molecule has 7 nitrogen and oxygen atoms in total. The van der Waals surface area contributed by atoms with Gasteiger partial charge in [0.2, 0.25) is 0 Å². The van der Waals surface area contributed by atoms with E-state index in [0.29, 0.717) is 19.8 Å². The number of rotatable bonds is 10. The molecule has 0 spiro atoms. The summed E-state index contributed by atoms with van der Waals surface area (Å²) in [4.78, 5) is 9.55. The first-order chi connectivity index (χ1) is 15.2. The first-order valence-electron chi connectivity index (χ1n) is 11.0. The van der Waals surface area contributed by atoms with Crippen LogP contribution in [0.2, 0.25) is 5.02 Å². The molecule has 1 aromatic carbocycles. The fraction of sp³-hybridized carbons (Fsp3) is 0.522. The first-order valence-corrected chi connectivity index (χ1v) is 11.4. The van der Waals surface area contributed by atoms with Gasteiger partial charge in [-0.25, -0.2) is 4.99 Å². The first kappa shape index (κ1) is 23.4. The van der Waals surface area contributed by atoms with Crippen LogP contribution in [0.5, 0.6) is 0 Å². The zero-order valence-electron chi connectivity index (χ0n) is 18.6. The molecule has 0 unspecified atom stereocenters. The monoisotopic (exact) mass is 447 g/mol. The van der Waals surface area contributed by atoms with Gasteiger partial charge in [-0.1, -0.05) is 17.7 Å². The van der Waals surface area contributed by atoms with E-state index in [1.807, 2.05) is 24.3 Å². The third kappa shape index (κ3) is 7.45. The van der Waals surface area contributed by atoms with E-state index in [2.05, 4.69) is 40.5 Å². The lowest BCUT2D eigenvalue weighted by Crippen LogP contribution is -2.44. The van der Waals surface area contributed by atoms with E-state index < -0.39 is 0 Å². The number of halogens is 1. The van der Waals surface area contributed by atoms with Crippen molar-refractivity contribution in [1.29, 1.82) is 0 Å². The van der Waals surface area contributed by atoms with Crippen LogP contribution in [-0.4, -0.2) is 63.8 Å². The molecular weight excluding hydrogens is 414 g/mol. The van der Waals surface area contributed by atoms with Crippen molar-refractivity contribution >= 4 is 23.2 Å². The summed E-state index contributed by atoms with van der Waals surface area (Å²) in [5, 5.41) is 7.46. The third-order valence-electron chi connectivity index (χ3n) is 5.26. The fourth-order valence-electron chi connectivity index (χ4n) is 3.50. The molecule has 0 bridgehead atoms. The molecule has 8 heteroatoms. The second-order valence-electron chi connectivity index (χ2n) is 7.64. The van der Waals surface area contributed by atoms with Crippen LogP contribution in [0.25, 0.3) is 0 Å². The predicted molar refractivity (Wildman–Crippen MR) is 127 cm³/mol. The molecule has 3 rings (SSSR count). The molecule has 1 aliphatic heterocycles. The summed E-state index contributed by atoms with van der Waals surface area (Å²) in [7, 11) is 2.16. The molecule has 31 heavy (non-hydrogen) atoms. The molecule has 1 aromatic heterocycles. The number of anilines is 1. The molecule has 2 N–H and O–H groups in total. The van der Waals surface area contributed by atoms with Gasteiger partial charge < -0.3 is 29.6 Å². The third-order valence-corrected chi connectivity index (χ3v) is 5.61. The van der Waals surface area contributed by atoms with E-state index in [9.17, 15) is 0 Å². The normalized spacial score (nSPS) is 15.3. The number of aliphatic imine (C=N–C) groups is 1. The summed E-state index contributed by atoms with van der Waals surface area (Å²) in [6, 6.07) is 9.91. The molecule has 2 heterocycles. The maximum atomic E-state index is 6.57. The predicted octanol–water partition coefficient (Wildman–Crippen LogP) is 3.35. The van der Waals surface area contributed by atoms with Crippen molar-refractivity contribution in [2.24, 2.45) is 4.99 Å². The molecule has 1 saturated heterocycles. The van der Waals surface area contributed by atoms with Gasteiger partial charge in [0.1, 0.15) is 12.4 Å². The van der Waals surface area contributed by atoms with E-state index in [1.165, 1.54) is 5.69 Å². The number of nitrogens with zero attached hydrogens (tertiary/aromatic N) is 3. The number of piperazine rings is 1. The standard InChI is InChI=1S/C23H34ClN5O2/c1-3-25-23(26-10-6-15-30-18-19-7-5-16-31-19)27-17-20-21(24)8-4-9-22(20)29-13-11-28(2)12-14-29/h4-5,7-9,16H,3,6,10-15,17-18H2,1-2H3,(H2,25,26,27). The van der Waals surface area contributed by atoms with Crippen molar-refractivity contribution in [3.05, 3.63) is 52.9 Å². The molecule has 0 aliphatic carbocycles. The maximum Gasteiger partial charge on any atom is 0.191 e. The van der Waals surface area contributed by atoms with Crippen molar-refractivity contribution in [2.45, 2.75) is 26.5 Å². The largest absolute Gasteiger partial charge is 0.467 e. The molecule has 0 saturated carbocycles. The SMILES string of the molecule is CCNC(=NCc1c(Cl)cccc1N1CCN(C)CC1)NCCCOCc1ccco1. The number of guanidine groups is 1. The van der Waals surface area contributed by atoms with E-state index in [4.69, 9.17) is 25.7 Å². The minimum Gasteiger partial charge on any atom is -0.467 e. The Morgan fingerprint density at radius 3 is 2.74 bits per heavy atom. The molecule has 0 atom stereocenters. The second kappa shape index (κ2) is 12.6. The highest BCUT2D eigenvalue weighted by molar-refractivity contribution is 6.31. The smallest absolute Gasteiger partial charge is 0.191 e. The molecule has 170 valence electrons. The summed E-state index contributed by atoms with van der Waals surface area (Å²) in [6.07, 6.45) is 2.54. The zero-order valence-corrected chi connectivity index (χ0v) is 19.3. The van der Waals surface area contributed by atoms with Crippen molar-refractivity contribution in [2.75, 3.05) is 57.8 Å². The van der Waals surface area contributed by atoms with Crippen LogP contribution in [0.4, 0.5) is 5.69 Å². The quantitative estimate of drug-likeness (QED) is 0.331. The van der Waals surface area contributed by atoms with Crippen molar-refractivity contribution < 1.29 is 9.15 Å². The number of nitrogens with one attached hydrogen (secondary N) is 2. The van der Waals surface area contributed by atoms with Crippen LogP contribution >= 0.6 is 11.6 Å². The number of hydrogen-bond acceptors (Lipinski definition) is 5. The molecule has 1 aliphatic rings. The van der Waals surface area contributed by atoms with Gasteiger partial charge in [-0.15, -0.1) is 0 Å². The van der Waals surface area contributed by atoms with E-state index >= 15 is 0 Å². The lowest BCUT2D eigenvalue weighted by Gasteiger charge is -2.35. The van der Waals surface area contributed by atoms with E-state index in [-0.39, 0.29) is 0 Å². The number of likely N-dealkylation sites (N-methyl/N-ethyl adjacent to an activating group) is 1. The zero-order chi connectivity index (χ0) is 21.9. The lowest BCUT2D eigenvalue weighted by molar-refractivity contribution is 0.105. The Labute approximate surface area is 190 Å². The van der Waals surface area contributed by atoms with Gasteiger partial charge in [0.05, 0.1) is 12.8 Å². The Balaban J connectivity index is 1.52. The van der Waals surface area contributed by atoms with Crippen molar-refractivity contribution in [3.63, 3.8) is 0 Å². The average molecular weight is 448 g/mol. The van der Waals surface area contributed by atoms with E-state index in [1.54, 1.807) is 6.26 Å². The van der Waals surface area contributed by atoms with Crippen LogP contribution in [0.1, 0.15) is 24.7 Å². The molecule has 0 radical (unpaired) electrons. The van der Waals surface area contributed by atoms with Gasteiger partial charge in [-0.05, 0) is 44.7 Å². The summed E-state index contributed by atoms with van der Waals surface area (Å²) >= 11 is 6.57. The summed E-state index contributed by atoms with van der Waals surface area (Å²) in [6.45, 7) is 9.46. The Morgan fingerprint density at radius 1 is 1.16 bits per heavy atom. The van der Waals surface area contributed by atoms with Crippen LogP contribution in [0, 0.1) is 0 Å². The Morgan fingerprint density at radius 2 is 2.00 bits per heavy atom. The average Bonchev–Trinajstić information content (AvgIpc) is 3.29.